The zero-order chi connectivity index (χ0) is 8.77. The first kappa shape index (κ1) is 7.85. The molecule has 2 aliphatic rings. The van der Waals surface area contributed by atoms with Crippen molar-refractivity contribution in [3.63, 3.8) is 0 Å². The molecular formula is C7H8N2O2S. The van der Waals surface area contributed by atoms with Crippen molar-refractivity contribution in [2.45, 2.75) is 5.72 Å². The van der Waals surface area contributed by atoms with E-state index in [0.717, 1.165) is 5.57 Å². The van der Waals surface area contributed by atoms with Crippen LogP contribution in [0.4, 0.5) is 0 Å². The predicted octanol–water partition coefficient (Wildman–Crippen LogP) is -0.722. The van der Waals surface area contributed by atoms with Crippen LogP contribution in [-0.2, 0) is 4.79 Å². The van der Waals surface area contributed by atoms with Crippen LogP contribution in [0.1, 0.15) is 0 Å². The number of nitrogens with two attached hydrogens (primary N) is 1. The molecule has 0 amide bonds. The second kappa shape index (κ2) is 2.35. The SMILES string of the molecule is N[C@@]1(O)C=C2CSNC=C2C1=O. The van der Waals surface area contributed by atoms with E-state index < -0.39 is 11.5 Å². The molecule has 12 heavy (non-hydrogen) atoms. The molecule has 0 aromatic heterocycles. The molecule has 1 heterocycles. The molecule has 1 atom stereocenters. The standard InChI is InChI=1S/C7H8N2O2S/c8-7(11)1-4-3-12-9-2-5(4)6(7)10/h1-2,9,11H,3,8H2/t7-/m1/s1. The Morgan fingerprint density at radius 1 is 1.75 bits per heavy atom. The summed E-state index contributed by atoms with van der Waals surface area (Å²) in [5, 5.41) is 9.37. The number of carbonyl (C=O) groups excluding carboxylic acids is 1. The molecule has 64 valence electrons. The molecule has 4 nitrogen and oxygen atoms in total. The molecule has 4 N–H and O–H groups in total. The van der Waals surface area contributed by atoms with E-state index in [2.05, 4.69) is 4.72 Å². The summed E-state index contributed by atoms with van der Waals surface area (Å²) in [6.07, 6.45) is 2.99. The highest BCUT2D eigenvalue weighted by molar-refractivity contribution is 7.97. The fourth-order valence-corrected chi connectivity index (χ4v) is 1.95. The molecule has 5 heteroatoms. The first-order valence-electron chi connectivity index (χ1n) is 3.47. The van der Waals surface area contributed by atoms with Gasteiger partial charge < -0.3 is 9.83 Å². The van der Waals surface area contributed by atoms with Gasteiger partial charge in [-0.1, -0.05) is 0 Å². The van der Waals surface area contributed by atoms with Crippen molar-refractivity contribution in [3.05, 3.63) is 23.4 Å². The van der Waals surface area contributed by atoms with Gasteiger partial charge in [-0.25, -0.2) is 0 Å². The summed E-state index contributed by atoms with van der Waals surface area (Å²) in [6.45, 7) is 0. The second-order valence-corrected chi connectivity index (χ2v) is 3.60. The van der Waals surface area contributed by atoms with Crippen LogP contribution in [0, 0.1) is 0 Å². The zero-order valence-corrected chi connectivity index (χ0v) is 7.02. The lowest BCUT2D eigenvalue weighted by Gasteiger charge is -2.12. The van der Waals surface area contributed by atoms with Crippen molar-refractivity contribution in [1.82, 2.24) is 4.72 Å². The van der Waals surface area contributed by atoms with Crippen LogP contribution in [-0.4, -0.2) is 22.4 Å². The molecule has 0 fully saturated rings. The van der Waals surface area contributed by atoms with Gasteiger partial charge in [0.15, 0.2) is 5.72 Å². The number of aliphatic hydroxyl groups is 1. The molecule has 0 aromatic rings. The predicted molar refractivity (Wildman–Crippen MR) is 45.9 cm³/mol. The number of carbonyl (C=O) groups is 1. The van der Waals surface area contributed by atoms with Crippen LogP contribution < -0.4 is 10.5 Å². The fourth-order valence-electron chi connectivity index (χ4n) is 1.27. The molecule has 0 saturated carbocycles. The number of nitrogens with one attached hydrogen (secondary N) is 1. The van der Waals surface area contributed by atoms with Crippen molar-refractivity contribution in [1.29, 1.82) is 0 Å². The number of Topliss-reactive ketones (excluding diaryl/α,β-unsaturated/α-hetero) is 1. The average Bonchev–Trinajstić information content (AvgIpc) is 2.24. The summed E-state index contributed by atoms with van der Waals surface area (Å²) in [5.74, 6) is 0.238. The highest BCUT2D eigenvalue weighted by Crippen LogP contribution is 2.30. The second-order valence-electron chi connectivity index (χ2n) is 2.79. The van der Waals surface area contributed by atoms with Crippen LogP contribution in [0.2, 0.25) is 0 Å². The topological polar surface area (TPSA) is 75.3 Å². The largest absolute Gasteiger partial charge is 0.366 e. The highest BCUT2D eigenvalue weighted by Gasteiger charge is 2.40. The van der Waals surface area contributed by atoms with Crippen molar-refractivity contribution in [2.24, 2.45) is 5.73 Å². The Bertz CT molecular complexity index is 307. The van der Waals surface area contributed by atoms with Gasteiger partial charge >= 0.3 is 0 Å². The Labute approximate surface area is 73.6 Å². The molecule has 1 aliphatic carbocycles. The van der Waals surface area contributed by atoms with Gasteiger partial charge in [0, 0.05) is 17.5 Å². The number of hydrogen-bond donors (Lipinski definition) is 3. The first-order valence-corrected chi connectivity index (χ1v) is 4.45. The fraction of sp³-hybridized carbons (Fsp3) is 0.286. The molecule has 0 saturated heterocycles. The van der Waals surface area contributed by atoms with E-state index in [1.54, 1.807) is 6.20 Å². The van der Waals surface area contributed by atoms with Crippen molar-refractivity contribution < 1.29 is 9.90 Å². The number of fused-ring (bicyclic) bond motifs is 1. The van der Waals surface area contributed by atoms with Gasteiger partial charge in [0.1, 0.15) is 0 Å². The Kier molecular flexibility index (Phi) is 1.54. The summed E-state index contributed by atoms with van der Waals surface area (Å²) < 4.78 is 2.85. The first-order chi connectivity index (χ1) is 5.61. The summed E-state index contributed by atoms with van der Waals surface area (Å²) in [5.41, 5.74) is 4.86. The lowest BCUT2D eigenvalue weighted by Crippen LogP contribution is -2.43. The summed E-state index contributed by atoms with van der Waals surface area (Å²) in [6, 6.07) is 0. The lowest BCUT2D eigenvalue weighted by atomic mass is 10.1. The molecule has 0 aromatic carbocycles. The minimum Gasteiger partial charge on any atom is -0.366 e. The summed E-state index contributed by atoms with van der Waals surface area (Å²) in [4.78, 5) is 11.3. The molecule has 1 aliphatic heterocycles. The van der Waals surface area contributed by atoms with Crippen molar-refractivity contribution in [2.75, 3.05) is 5.75 Å². The summed E-state index contributed by atoms with van der Waals surface area (Å²) >= 11 is 1.46. The van der Waals surface area contributed by atoms with Gasteiger partial charge in [-0.2, -0.15) is 0 Å². The van der Waals surface area contributed by atoms with Crippen LogP contribution >= 0.6 is 11.9 Å². The Balaban J connectivity index is 2.46. The summed E-state index contributed by atoms with van der Waals surface area (Å²) in [7, 11) is 0. The van der Waals surface area contributed by atoms with E-state index in [-0.39, 0.29) is 0 Å². The maximum absolute atomic E-state index is 11.3. The van der Waals surface area contributed by atoms with Gasteiger partial charge in [-0.3, -0.25) is 10.5 Å². The molecule has 0 radical (unpaired) electrons. The van der Waals surface area contributed by atoms with Gasteiger partial charge in [0.05, 0.1) is 0 Å². The van der Waals surface area contributed by atoms with E-state index in [4.69, 9.17) is 5.73 Å². The van der Waals surface area contributed by atoms with Crippen molar-refractivity contribution in [3.8, 4) is 0 Å². The minimum atomic E-state index is -1.78. The molecular weight excluding hydrogens is 176 g/mol. The minimum absolute atomic E-state index is 0.426. The molecule has 2 rings (SSSR count). The molecule has 0 spiro atoms. The van der Waals surface area contributed by atoms with Crippen molar-refractivity contribution >= 4 is 17.7 Å². The Morgan fingerprint density at radius 3 is 3.17 bits per heavy atom. The monoisotopic (exact) mass is 184 g/mol. The molecule has 0 bridgehead atoms. The van der Waals surface area contributed by atoms with E-state index >= 15 is 0 Å². The Morgan fingerprint density at radius 2 is 2.50 bits per heavy atom. The lowest BCUT2D eigenvalue weighted by molar-refractivity contribution is -0.127. The molecule has 0 unspecified atom stereocenters. The Hall–Kier alpha value is -0.780. The maximum atomic E-state index is 11.3. The third-order valence-electron chi connectivity index (χ3n) is 1.86. The van der Waals surface area contributed by atoms with E-state index in [9.17, 15) is 9.90 Å². The number of rotatable bonds is 0. The third-order valence-corrected chi connectivity index (χ3v) is 2.60. The third kappa shape index (κ3) is 0.979. The van der Waals surface area contributed by atoms with Crippen LogP contribution in [0.15, 0.2) is 23.4 Å². The van der Waals surface area contributed by atoms with Crippen LogP contribution in [0.25, 0.3) is 0 Å². The zero-order valence-electron chi connectivity index (χ0n) is 6.20. The van der Waals surface area contributed by atoms with Gasteiger partial charge in [0.25, 0.3) is 0 Å². The normalized spacial score (nSPS) is 33.7. The van der Waals surface area contributed by atoms with E-state index in [1.165, 1.54) is 18.0 Å². The maximum Gasteiger partial charge on any atom is 0.215 e. The van der Waals surface area contributed by atoms with Crippen LogP contribution in [0.5, 0.6) is 0 Å². The van der Waals surface area contributed by atoms with Gasteiger partial charge in [-0.15, -0.1) is 0 Å². The quantitative estimate of drug-likeness (QED) is 0.342. The number of ketones is 1. The number of hydrogen-bond acceptors (Lipinski definition) is 5. The average molecular weight is 184 g/mol. The van der Waals surface area contributed by atoms with Gasteiger partial charge in [0.2, 0.25) is 5.78 Å². The smallest absolute Gasteiger partial charge is 0.215 e. The van der Waals surface area contributed by atoms with E-state index in [0.29, 0.717) is 11.3 Å². The highest BCUT2D eigenvalue weighted by atomic mass is 32.2. The van der Waals surface area contributed by atoms with Crippen LogP contribution in [0.3, 0.4) is 0 Å². The van der Waals surface area contributed by atoms with Gasteiger partial charge in [-0.05, 0) is 23.6 Å². The van der Waals surface area contributed by atoms with E-state index in [1.807, 2.05) is 0 Å².